The van der Waals surface area contributed by atoms with Gasteiger partial charge in [-0.05, 0) is 24.6 Å². The van der Waals surface area contributed by atoms with E-state index in [1.807, 2.05) is 6.07 Å². The highest BCUT2D eigenvalue weighted by atomic mass is 32.1. The molecule has 0 fully saturated rings. The number of ether oxygens (including phenoxy) is 1. The maximum absolute atomic E-state index is 13.0. The third-order valence-electron chi connectivity index (χ3n) is 4.89. The van der Waals surface area contributed by atoms with Crippen molar-refractivity contribution in [2.24, 2.45) is 0 Å². The molecular formula is C23H19N3O5S. The summed E-state index contributed by atoms with van der Waals surface area (Å²) in [5, 5.41) is 4.72. The van der Waals surface area contributed by atoms with Crippen LogP contribution in [0.5, 0.6) is 0 Å². The molecular weight excluding hydrogens is 430 g/mol. The molecule has 0 saturated heterocycles. The van der Waals surface area contributed by atoms with Gasteiger partial charge >= 0.3 is 5.97 Å². The minimum atomic E-state index is -1.21. The molecule has 0 radical (unpaired) electrons. The first-order chi connectivity index (χ1) is 15.4. The highest BCUT2D eigenvalue weighted by Gasteiger charge is 2.43. The van der Waals surface area contributed by atoms with Gasteiger partial charge in [-0.1, -0.05) is 42.5 Å². The van der Waals surface area contributed by atoms with Gasteiger partial charge in [0.2, 0.25) is 0 Å². The Morgan fingerprint density at radius 3 is 2.25 bits per heavy atom. The SMILES string of the molecule is Cc1csc(NC(=O)COC(=O)[C@H](Cc2ccccc2)N2C(=O)c3ccccc3C2=O)n1. The number of carbonyl (C=O) groups excluding carboxylic acids is 4. The number of benzene rings is 2. The van der Waals surface area contributed by atoms with Crippen LogP contribution in [0.1, 0.15) is 32.0 Å². The van der Waals surface area contributed by atoms with E-state index >= 15 is 0 Å². The number of rotatable bonds is 7. The molecule has 0 spiro atoms. The van der Waals surface area contributed by atoms with E-state index in [4.69, 9.17) is 4.74 Å². The van der Waals surface area contributed by atoms with Crippen LogP contribution in [0.2, 0.25) is 0 Å². The van der Waals surface area contributed by atoms with Crippen LogP contribution in [0.25, 0.3) is 0 Å². The lowest BCUT2D eigenvalue weighted by molar-refractivity contribution is -0.151. The summed E-state index contributed by atoms with van der Waals surface area (Å²) >= 11 is 1.25. The molecule has 1 aromatic heterocycles. The van der Waals surface area contributed by atoms with Gasteiger partial charge in [0.25, 0.3) is 17.7 Å². The first-order valence-corrected chi connectivity index (χ1v) is 10.7. The van der Waals surface area contributed by atoms with Crippen LogP contribution in [0, 0.1) is 6.92 Å². The normalized spacial score (nSPS) is 13.6. The fraction of sp³-hybridized carbons (Fsp3) is 0.174. The van der Waals surface area contributed by atoms with Crippen molar-refractivity contribution in [3.8, 4) is 0 Å². The van der Waals surface area contributed by atoms with Crippen molar-refractivity contribution in [2.75, 3.05) is 11.9 Å². The molecule has 162 valence electrons. The second-order valence-electron chi connectivity index (χ2n) is 7.18. The Morgan fingerprint density at radius 1 is 1.03 bits per heavy atom. The predicted octanol–water partition coefficient (Wildman–Crippen LogP) is 2.84. The van der Waals surface area contributed by atoms with Crippen molar-refractivity contribution in [2.45, 2.75) is 19.4 Å². The summed E-state index contributed by atoms with van der Waals surface area (Å²) in [4.78, 5) is 56.1. The number of imide groups is 1. The second kappa shape index (κ2) is 9.11. The van der Waals surface area contributed by atoms with Gasteiger partial charge in [-0.25, -0.2) is 9.78 Å². The van der Waals surface area contributed by atoms with Crippen LogP contribution >= 0.6 is 11.3 Å². The van der Waals surface area contributed by atoms with E-state index in [-0.39, 0.29) is 17.5 Å². The first kappa shape index (κ1) is 21.4. The quantitative estimate of drug-likeness (QED) is 0.439. The summed E-state index contributed by atoms with van der Waals surface area (Å²) in [6.45, 7) is 1.23. The third-order valence-corrected chi connectivity index (χ3v) is 5.77. The molecule has 1 N–H and O–H groups in total. The monoisotopic (exact) mass is 449 g/mol. The molecule has 1 aliphatic rings. The number of esters is 1. The van der Waals surface area contributed by atoms with Gasteiger partial charge in [0.15, 0.2) is 11.7 Å². The van der Waals surface area contributed by atoms with Crippen LogP contribution in [0.3, 0.4) is 0 Å². The molecule has 3 amide bonds. The molecule has 0 bridgehead atoms. The Bertz CT molecular complexity index is 1160. The molecule has 0 aliphatic carbocycles. The molecule has 32 heavy (non-hydrogen) atoms. The van der Waals surface area contributed by atoms with Gasteiger partial charge < -0.3 is 4.74 Å². The minimum Gasteiger partial charge on any atom is -0.454 e. The highest BCUT2D eigenvalue weighted by Crippen LogP contribution is 2.26. The van der Waals surface area contributed by atoms with Gasteiger partial charge in [0.05, 0.1) is 16.8 Å². The smallest absolute Gasteiger partial charge is 0.330 e. The molecule has 3 aromatic rings. The zero-order valence-electron chi connectivity index (χ0n) is 17.1. The maximum atomic E-state index is 13.0. The van der Waals surface area contributed by atoms with E-state index in [9.17, 15) is 19.2 Å². The number of hydrogen-bond acceptors (Lipinski definition) is 7. The van der Waals surface area contributed by atoms with Crippen molar-refractivity contribution in [1.29, 1.82) is 0 Å². The molecule has 1 atom stereocenters. The number of aromatic nitrogens is 1. The van der Waals surface area contributed by atoms with Crippen molar-refractivity contribution < 1.29 is 23.9 Å². The van der Waals surface area contributed by atoms with E-state index in [2.05, 4.69) is 10.3 Å². The van der Waals surface area contributed by atoms with Crippen molar-refractivity contribution in [1.82, 2.24) is 9.88 Å². The van der Waals surface area contributed by atoms with Gasteiger partial charge in [-0.2, -0.15) is 0 Å². The second-order valence-corrected chi connectivity index (χ2v) is 8.04. The summed E-state index contributed by atoms with van der Waals surface area (Å²) < 4.78 is 5.20. The predicted molar refractivity (Wildman–Crippen MR) is 117 cm³/mol. The van der Waals surface area contributed by atoms with E-state index in [1.54, 1.807) is 60.8 Å². The summed E-state index contributed by atoms with van der Waals surface area (Å²) in [7, 11) is 0. The van der Waals surface area contributed by atoms with Gasteiger partial charge in [-0.15, -0.1) is 11.3 Å². The zero-order chi connectivity index (χ0) is 22.7. The van der Waals surface area contributed by atoms with Gasteiger partial charge in [0.1, 0.15) is 6.04 Å². The topological polar surface area (TPSA) is 106 Å². The summed E-state index contributed by atoms with van der Waals surface area (Å²) in [6.07, 6.45) is 0.0679. The maximum Gasteiger partial charge on any atom is 0.330 e. The molecule has 0 saturated carbocycles. The number of thiazole rings is 1. The average molecular weight is 449 g/mol. The van der Waals surface area contributed by atoms with Crippen molar-refractivity contribution in [3.05, 3.63) is 82.4 Å². The summed E-state index contributed by atoms with van der Waals surface area (Å²) in [6, 6.07) is 14.2. The molecule has 8 nitrogen and oxygen atoms in total. The van der Waals surface area contributed by atoms with Crippen LogP contribution in [0.15, 0.2) is 60.0 Å². The highest BCUT2D eigenvalue weighted by molar-refractivity contribution is 7.13. The number of carbonyl (C=O) groups is 4. The molecule has 2 heterocycles. The number of amides is 3. The summed E-state index contributed by atoms with van der Waals surface area (Å²) in [5.41, 5.74) is 1.98. The van der Waals surface area contributed by atoms with Crippen LogP contribution < -0.4 is 5.32 Å². The number of hydrogen-bond donors (Lipinski definition) is 1. The average Bonchev–Trinajstić information content (AvgIpc) is 3.31. The lowest BCUT2D eigenvalue weighted by Gasteiger charge is -2.24. The number of aryl methyl sites for hydroxylation is 1. The Morgan fingerprint density at radius 2 is 1.66 bits per heavy atom. The Hall–Kier alpha value is -3.85. The Kier molecular flexibility index (Phi) is 6.09. The Labute approximate surface area is 187 Å². The fourth-order valence-corrected chi connectivity index (χ4v) is 4.11. The standard InChI is InChI=1S/C23H19N3O5S/c1-14-13-32-23(24-14)25-19(27)12-31-22(30)18(11-15-7-3-2-4-8-15)26-20(28)16-9-5-6-10-17(16)21(26)29/h2-10,13,18H,11-12H2,1H3,(H,24,25,27)/t18-/m0/s1. The molecule has 9 heteroatoms. The number of fused-ring (bicyclic) bond motifs is 1. The lowest BCUT2D eigenvalue weighted by atomic mass is 10.0. The van der Waals surface area contributed by atoms with E-state index in [1.165, 1.54) is 11.3 Å². The third kappa shape index (κ3) is 4.42. The Balaban J connectivity index is 1.52. The number of anilines is 1. The van der Waals surface area contributed by atoms with E-state index in [0.29, 0.717) is 5.13 Å². The summed E-state index contributed by atoms with van der Waals surface area (Å²) in [5.74, 6) is -2.53. The van der Waals surface area contributed by atoms with Crippen LogP contribution in [0.4, 0.5) is 5.13 Å². The van der Waals surface area contributed by atoms with Crippen LogP contribution in [-0.4, -0.2) is 46.2 Å². The van der Waals surface area contributed by atoms with Gasteiger partial charge in [-0.3, -0.25) is 24.6 Å². The van der Waals surface area contributed by atoms with Crippen molar-refractivity contribution >= 4 is 40.2 Å². The molecule has 2 aromatic carbocycles. The fourth-order valence-electron chi connectivity index (χ4n) is 3.41. The minimum absolute atomic E-state index is 0.0679. The number of nitrogens with one attached hydrogen (secondary N) is 1. The lowest BCUT2D eigenvalue weighted by Crippen LogP contribution is -2.47. The first-order valence-electron chi connectivity index (χ1n) is 9.83. The largest absolute Gasteiger partial charge is 0.454 e. The molecule has 4 rings (SSSR count). The van der Waals surface area contributed by atoms with Crippen LogP contribution in [-0.2, 0) is 20.7 Å². The molecule has 0 unspecified atom stereocenters. The van der Waals surface area contributed by atoms with E-state index < -0.39 is 36.3 Å². The molecule has 1 aliphatic heterocycles. The van der Waals surface area contributed by atoms with E-state index in [0.717, 1.165) is 16.2 Å². The zero-order valence-corrected chi connectivity index (χ0v) is 17.9. The van der Waals surface area contributed by atoms with Crippen molar-refractivity contribution in [3.63, 3.8) is 0 Å². The number of nitrogens with zero attached hydrogens (tertiary/aromatic N) is 2. The van der Waals surface area contributed by atoms with Gasteiger partial charge in [0, 0.05) is 11.8 Å².